The lowest BCUT2D eigenvalue weighted by molar-refractivity contribution is -0.117. The molecule has 62 valence electrons. The summed E-state index contributed by atoms with van der Waals surface area (Å²) in [6.07, 6.45) is 0. The number of amides is 2. The van der Waals surface area contributed by atoms with Crippen LogP contribution >= 0.6 is 0 Å². The number of hydrogen-bond donors (Lipinski definition) is 1. The molecule has 0 aromatic carbocycles. The van der Waals surface area contributed by atoms with Gasteiger partial charge in [0.25, 0.3) is 11.9 Å². The monoisotopic (exact) mass is 166 g/mol. The average Bonchev–Trinajstić information content (AvgIpc) is 1.96. The summed E-state index contributed by atoms with van der Waals surface area (Å²) in [6.45, 7) is 4.56. The topological polar surface area (TPSA) is 83.2 Å². The molecule has 0 aromatic heterocycles. The predicted octanol–water partition coefficient (Wildman–Crippen LogP) is -0.0154. The molecule has 1 rings (SSSR count). The summed E-state index contributed by atoms with van der Waals surface area (Å²) in [5, 5.41) is 9.03. The molecule has 0 aromatic rings. The second-order valence-corrected chi connectivity index (χ2v) is 2.07. The van der Waals surface area contributed by atoms with Gasteiger partial charge >= 0.3 is 0 Å². The van der Waals surface area contributed by atoms with Crippen LogP contribution in [-0.2, 0) is 9.59 Å². The van der Waals surface area contributed by atoms with Crippen LogP contribution in [0, 0.1) is 0 Å². The van der Waals surface area contributed by atoms with Crippen molar-refractivity contribution in [2.45, 2.75) is 6.92 Å². The van der Waals surface area contributed by atoms with E-state index in [1.54, 1.807) is 0 Å². The minimum absolute atomic E-state index is 0.0379. The summed E-state index contributed by atoms with van der Waals surface area (Å²) >= 11 is 0. The van der Waals surface area contributed by atoms with Crippen LogP contribution in [0.1, 0.15) is 6.92 Å². The SMILES string of the molecule is C=C1N=NC(NC(C)=O)=NC1=O. The fraction of sp³-hybridized carbons (Fsp3) is 0.167. The quantitative estimate of drug-likeness (QED) is 0.513. The summed E-state index contributed by atoms with van der Waals surface area (Å²) in [5.41, 5.74) is -0.0379. The van der Waals surface area contributed by atoms with Crippen LogP contribution < -0.4 is 5.32 Å². The van der Waals surface area contributed by atoms with Crippen molar-refractivity contribution < 1.29 is 9.59 Å². The molecule has 0 bridgehead atoms. The number of aliphatic imine (C=N–C) groups is 1. The maximum Gasteiger partial charge on any atom is 0.300 e. The molecule has 12 heavy (non-hydrogen) atoms. The molecule has 0 spiro atoms. The number of nitrogens with one attached hydrogen (secondary N) is 1. The highest BCUT2D eigenvalue weighted by atomic mass is 16.2. The summed E-state index contributed by atoms with van der Waals surface area (Å²) in [7, 11) is 0. The van der Waals surface area contributed by atoms with Gasteiger partial charge in [-0.25, -0.2) is 0 Å². The minimum atomic E-state index is -0.589. The number of hydrogen-bond acceptors (Lipinski definition) is 4. The molecular formula is C6H6N4O2. The molecule has 1 N–H and O–H groups in total. The van der Waals surface area contributed by atoms with E-state index in [-0.39, 0.29) is 17.6 Å². The second kappa shape index (κ2) is 3.04. The second-order valence-electron chi connectivity index (χ2n) is 2.07. The van der Waals surface area contributed by atoms with Crippen molar-refractivity contribution in [3.63, 3.8) is 0 Å². The normalized spacial score (nSPS) is 15.9. The number of azo groups is 1. The Morgan fingerprint density at radius 1 is 1.50 bits per heavy atom. The Morgan fingerprint density at radius 3 is 2.67 bits per heavy atom. The fourth-order valence-corrected chi connectivity index (χ4v) is 0.544. The van der Waals surface area contributed by atoms with Crippen LogP contribution in [0.2, 0.25) is 0 Å². The van der Waals surface area contributed by atoms with E-state index in [1.165, 1.54) is 6.92 Å². The van der Waals surface area contributed by atoms with Crippen LogP contribution in [0.4, 0.5) is 0 Å². The zero-order chi connectivity index (χ0) is 9.14. The third-order valence-electron chi connectivity index (χ3n) is 1.01. The number of guanidine groups is 1. The molecule has 0 unspecified atom stereocenters. The molecule has 0 saturated carbocycles. The number of carbonyl (C=O) groups excluding carboxylic acids is 2. The van der Waals surface area contributed by atoms with Gasteiger partial charge in [-0.1, -0.05) is 6.58 Å². The first-order valence-corrected chi connectivity index (χ1v) is 3.11. The first-order chi connectivity index (χ1) is 5.59. The maximum absolute atomic E-state index is 10.8. The molecular weight excluding hydrogens is 160 g/mol. The van der Waals surface area contributed by atoms with Gasteiger partial charge in [-0.05, 0) is 0 Å². The molecule has 1 heterocycles. The average molecular weight is 166 g/mol. The molecule has 1 aliphatic rings. The molecule has 0 aliphatic carbocycles. The molecule has 0 atom stereocenters. The number of rotatable bonds is 0. The van der Waals surface area contributed by atoms with Gasteiger partial charge in [-0.15, -0.1) is 10.2 Å². The van der Waals surface area contributed by atoms with Gasteiger partial charge in [0.2, 0.25) is 5.91 Å². The Labute approximate surface area is 68.1 Å². The first kappa shape index (κ1) is 8.25. The standard InChI is InChI=1S/C6H6N4O2/c1-3-5(12)8-6(10-9-3)7-4(2)11/h1H2,2H3,(H,7,8,11,12). The third kappa shape index (κ3) is 1.82. The zero-order valence-electron chi connectivity index (χ0n) is 6.37. The van der Waals surface area contributed by atoms with E-state index in [0.29, 0.717) is 0 Å². The van der Waals surface area contributed by atoms with Crippen molar-refractivity contribution in [1.29, 1.82) is 0 Å². The van der Waals surface area contributed by atoms with Crippen LogP contribution in [0.5, 0.6) is 0 Å². The smallest absolute Gasteiger partial charge is 0.293 e. The van der Waals surface area contributed by atoms with Crippen LogP contribution in [-0.4, -0.2) is 17.8 Å². The Bertz CT molecular complexity index is 316. The van der Waals surface area contributed by atoms with E-state index in [4.69, 9.17) is 0 Å². The lowest BCUT2D eigenvalue weighted by atomic mass is 10.5. The van der Waals surface area contributed by atoms with Gasteiger partial charge in [-0.3, -0.25) is 14.9 Å². The number of carbonyl (C=O) groups is 2. The highest BCUT2D eigenvalue weighted by Gasteiger charge is 2.13. The lowest BCUT2D eigenvalue weighted by Crippen LogP contribution is -2.28. The Balaban J connectivity index is 2.76. The van der Waals surface area contributed by atoms with Crippen molar-refractivity contribution >= 4 is 17.8 Å². The molecule has 0 radical (unpaired) electrons. The van der Waals surface area contributed by atoms with Crippen LogP contribution in [0.3, 0.4) is 0 Å². The molecule has 0 saturated heterocycles. The summed E-state index contributed by atoms with van der Waals surface area (Å²) in [5.74, 6) is -1.04. The van der Waals surface area contributed by atoms with E-state index < -0.39 is 5.91 Å². The molecule has 0 fully saturated rings. The molecule has 6 nitrogen and oxygen atoms in total. The Morgan fingerprint density at radius 2 is 2.17 bits per heavy atom. The van der Waals surface area contributed by atoms with E-state index in [2.05, 4.69) is 27.1 Å². The van der Waals surface area contributed by atoms with E-state index in [1.807, 2.05) is 0 Å². The summed E-state index contributed by atoms with van der Waals surface area (Å²) in [6, 6.07) is 0. The fourth-order valence-electron chi connectivity index (χ4n) is 0.544. The van der Waals surface area contributed by atoms with Crippen molar-refractivity contribution in [2.24, 2.45) is 15.2 Å². The highest BCUT2D eigenvalue weighted by molar-refractivity contribution is 6.07. The van der Waals surface area contributed by atoms with Crippen molar-refractivity contribution in [2.75, 3.05) is 0 Å². The Kier molecular flexibility index (Phi) is 2.09. The molecule has 1 aliphatic heterocycles. The van der Waals surface area contributed by atoms with Gasteiger partial charge in [0.05, 0.1) is 0 Å². The van der Waals surface area contributed by atoms with Crippen molar-refractivity contribution in [1.82, 2.24) is 5.32 Å². The van der Waals surface area contributed by atoms with E-state index in [9.17, 15) is 9.59 Å². The van der Waals surface area contributed by atoms with E-state index in [0.717, 1.165) is 0 Å². The van der Waals surface area contributed by atoms with E-state index >= 15 is 0 Å². The van der Waals surface area contributed by atoms with Gasteiger partial charge in [0.15, 0.2) is 0 Å². The lowest BCUT2D eigenvalue weighted by Gasteiger charge is -2.03. The minimum Gasteiger partial charge on any atom is -0.293 e. The molecule has 6 heteroatoms. The summed E-state index contributed by atoms with van der Waals surface area (Å²) < 4.78 is 0. The van der Waals surface area contributed by atoms with Crippen LogP contribution in [0.25, 0.3) is 0 Å². The van der Waals surface area contributed by atoms with Crippen molar-refractivity contribution in [3.05, 3.63) is 12.3 Å². The van der Waals surface area contributed by atoms with Crippen LogP contribution in [0.15, 0.2) is 27.5 Å². The number of nitrogens with zero attached hydrogens (tertiary/aromatic N) is 3. The zero-order valence-corrected chi connectivity index (χ0v) is 6.37. The maximum atomic E-state index is 10.8. The van der Waals surface area contributed by atoms with Gasteiger partial charge in [0, 0.05) is 6.92 Å². The Hall–Kier alpha value is -1.85. The largest absolute Gasteiger partial charge is 0.300 e. The van der Waals surface area contributed by atoms with Gasteiger partial charge in [0.1, 0.15) is 5.70 Å². The van der Waals surface area contributed by atoms with Gasteiger partial charge < -0.3 is 0 Å². The van der Waals surface area contributed by atoms with Gasteiger partial charge in [-0.2, -0.15) is 4.99 Å². The first-order valence-electron chi connectivity index (χ1n) is 3.11. The predicted molar refractivity (Wildman–Crippen MR) is 40.3 cm³/mol. The third-order valence-corrected chi connectivity index (χ3v) is 1.01. The van der Waals surface area contributed by atoms with Crippen molar-refractivity contribution in [3.8, 4) is 0 Å². The molecule has 2 amide bonds. The highest BCUT2D eigenvalue weighted by Crippen LogP contribution is 2.03. The summed E-state index contributed by atoms with van der Waals surface area (Å²) in [4.78, 5) is 24.7.